The van der Waals surface area contributed by atoms with E-state index in [4.69, 9.17) is 25.8 Å². The molecule has 1 fully saturated rings. The molecule has 0 bridgehead atoms. The third kappa shape index (κ3) is 7.38. The molecule has 0 unspecified atom stereocenters. The number of halogens is 1. The topological polar surface area (TPSA) is 131 Å². The fraction of sp³-hybridized carbons (Fsp3) is 0.172. The molecular formula is C29H25ClN2O8S. The number of aromatic carboxylic acids is 1. The summed E-state index contributed by atoms with van der Waals surface area (Å²) in [4.78, 5) is 50.2. The van der Waals surface area contributed by atoms with E-state index in [0.717, 1.165) is 4.90 Å². The van der Waals surface area contributed by atoms with Gasteiger partial charge in [-0.05, 0) is 84.4 Å². The van der Waals surface area contributed by atoms with Gasteiger partial charge in [-0.3, -0.25) is 19.3 Å². The zero-order valence-electron chi connectivity index (χ0n) is 22.0. The van der Waals surface area contributed by atoms with E-state index < -0.39 is 29.6 Å². The molecule has 1 aliphatic rings. The summed E-state index contributed by atoms with van der Waals surface area (Å²) < 4.78 is 16.6. The maximum atomic E-state index is 13.0. The van der Waals surface area contributed by atoms with Gasteiger partial charge in [-0.2, -0.15) is 0 Å². The molecule has 1 heterocycles. The summed E-state index contributed by atoms with van der Waals surface area (Å²) in [5, 5.41) is 11.4. The van der Waals surface area contributed by atoms with Gasteiger partial charge in [-0.25, -0.2) is 4.79 Å². The van der Waals surface area contributed by atoms with Crippen molar-refractivity contribution in [2.75, 3.05) is 25.6 Å². The zero-order valence-corrected chi connectivity index (χ0v) is 23.6. The predicted octanol–water partition coefficient (Wildman–Crippen LogP) is 5.70. The summed E-state index contributed by atoms with van der Waals surface area (Å²) >= 11 is 7.16. The van der Waals surface area contributed by atoms with Crippen LogP contribution < -0.4 is 19.5 Å². The number of carboxylic acid groups (broad SMARTS) is 1. The molecule has 41 heavy (non-hydrogen) atoms. The Balaban J connectivity index is 1.44. The lowest BCUT2D eigenvalue weighted by molar-refractivity contribution is -0.127. The van der Waals surface area contributed by atoms with Gasteiger partial charge in [0.15, 0.2) is 11.5 Å². The summed E-state index contributed by atoms with van der Waals surface area (Å²) in [7, 11) is 1.42. The molecule has 2 N–H and O–H groups in total. The van der Waals surface area contributed by atoms with Crippen LogP contribution in [0.25, 0.3) is 6.08 Å². The predicted molar refractivity (Wildman–Crippen MR) is 155 cm³/mol. The number of amides is 3. The third-order valence-corrected chi connectivity index (χ3v) is 6.92. The molecule has 4 rings (SSSR count). The van der Waals surface area contributed by atoms with Crippen molar-refractivity contribution in [2.45, 2.75) is 13.5 Å². The van der Waals surface area contributed by atoms with Crippen LogP contribution in [0.15, 0.2) is 65.6 Å². The maximum absolute atomic E-state index is 13.0. The van der Waals surface area contributed by atoms with E-state index in [9.17, 15) is 24.3 Å². The molecule has 0 spiro atoms. The van der Waals surface area contributed by atoms with E-state index >= 15 is 0 Å². The Morgan fingerprint density at radius 2 is 1.83 bits per heavy atom. The van der Waals surface area contributed by atoms with Gasteiger partial charge < -0.3 is 24.6 Å². The normalized spacial score (nSPS) is 13.8. The zero-order chi connectivity index (χ0) is 29.5. The highest BCUT2D eigenvalue weighted by Gasteiger charge is 2.36. The molecule has 0 atom stereocenters. The van der Waals surface area contributed by atoms with E-state index in [-0.39, 0.29) is 33.6 Å². The first-order valence-corrected chi connectivity index (χ1v) is 13.5. The molecule has 0 saturated carbocycles. The number of carboxylic acids is 1. The molecule has 3 aromatic rings. The lowest BCUT2D eigenvalue weighted by Gasteiger charge is -2.14. The van der Waals surface area contributed by atoms with Gasteiger partial charge in [0.2, 0.25) is 5.91 Å². The first-order chi connectivity index (χ1) is 19.7. The number of hydrogen-bond acceptors (Lipinski definition) is 8. The van der Waals surface area contributed by atoms with Crippen LogP contribution in [0.3, 0.4) is 0 Å². The number of nitrogens with one attached hydrogen (secondary N) is 1. The van der Waals surface area contributed by atoms with E-state index in [1.807, 2.05) is 6.92 Å². The lowest BCUT2D eigenvalue weighted by atomic mass is 10.1. The Morgan fingerprint density at radius 1 is 1.07 bits per heavy atom. The monoisotopic (exact) mass is 596 g/mol. The molecule has 3 aromatic carbocycles. The van der Waals surface area contributed by atoms with E-state index in [2.05, 4.69) is 5.32 Å². The molecule has 0 radical (unpaired) electrons. The Labute approximate surface area is 244 Å². The van der Waals surface area contributed by atoms with Crippen LogP contribution >= 0.6 is 23.4 Å². The molecule has 10 nitrogen and oxygen atoms in total. The minimum absolute atomic E-state index is 0.0359. The Morgan fingerprint density at radius 3 is 2.51 bits per heavy atom. The van der Waals surface area contributed by atoms with Crippen LogP contribution in [0.2, 0.25) is 5.02 Å². The highest BCUT2D eigenvalue weighted by atomic mass is 35.5. The molecule has 1 aliphatic heterocycles. The Hall–Kier alpha value is -4.48. The molecule has 3 amide bonds. The lowest BCUT2D eigenvalue weighted by Crippen LogP contribution is -2.36. The van der Waals surface area contributed by atoms with Gasteiger partial charge in [0.1, 0.15) is 18.9 Å². The van der Waals surface area contributed by atoms with Crippen LogP contribution in [-0.4, -0.2) is 53.3 Å². The van der Waals surface area contributed by atoms with Crippen molar-refractivity contribution in [1.82, 2.24) is 4.90 Å². The summed E-state index contributed by atoms with van der Waals surface area (Å²) in [5.74, 6) is -1.04. The summed E-state index contributed by atoms with van der Waals surface area (Å²) in [6.07, 6.45) is 1.48. The Bertz CT molecular complexity index is 1520. The quantitative estimate of drug-likeness (QED) is 0.268. The maximum Gasteiger partial charge on any atom is 0.335 e. The number of thioether (sulfide) groups is 1. The van der Waals surface area contributed by atoms with Crippen LogP contribution in [0.5, 0.6) is 17.2 Å². The first kappa shape index (κ1) is 29.5. The van der Waals surface area contributed by atoms with Crippen molar-refractivity contribution in [2.24, 2.45) is 0 Å². The van der Waals surface area contributed by atoms with Crippen molar-refractivity contribution in [3.05, 3.63) is 87.3 Å². The second kappa shape index (κ2) is 13.2. The number of benzene rings is 3. The number of carbonyl (C=O) groups is 4. The second-order valence-electron chi connectivity index (χ2n) is 8.60. The second-order valence-corrected chi connectivity index (χ2v) is 10.0. The smallest absolute Gasteiger partial charge is 0.335 e. The van der Waals surface area contributed by atoms with Crippen molar-refractivity contribution >= 4 is 58.1 Å². The molecule has 212 valence electrons. The first-order valence-electron chi connectivity index (χ1n) is 12.3. The number of imide groups is 1. The van der Waals surface area contributed by atoms with Crippen molar-refractivity contribution < 1.29 is 38.5 Å². The average molecular weight is 597 g/mol. The molecular weight excluding hydrogens is 572 g/mol. The molecule has 1 saturated heterocycles. The van der Waals surface area contributed by atoms with Gasteiger partial charge in [0.25, 0.3) is 11.1 Å². The van der Waals surface area contributed by atoms with Crippen molar-refractivity contribution in [3.63, 3.8) is 0 Å². The number of anilines is 1. The molecule has 0 aliphatic carbocycles. The molecule has 0 aromatic heterocycles. The SMILES string of the molecule is CCOc1ccc(NC(=O)CN2C(=O)S/C(=C/c3cc(Cl)c(OCc4cccc(C(=O)O)c4)c(OC)c3)C2=O)cc1. The van der Waals surface area contributed by atoms with E-state index in [1.54, 1.807) is 48.5 Å². The van der Waals surface area contributed by atoms with Gasteiger partial charge in [0.05, 0.1) is 29.2 Å². The number of hydrogen-bond donors (Lipinski definition) is 2. The fourth-order valence-electron chi connectivity index (χ4n) is 3.85. The minimum Gasteiger partial charge on any atom is -0.494 e. The van der Waals surface area contributed by atoms with E-state index in [1.165, 1.54) is 25.3 Å². The summed E-state index contributed by atoms with van der Waals surface area (Å²) in [5.41, 5.74) is 1.71. The number of carbonyl (C=O) groups excluding carboxylic acids is 3. The fourth-order valence-corrected chi connectivity index (χ4v) is 4.96. The van der Waals surface area contributed by atoms with Gasteiger partial charge in [0, 0.05) is 5.69 Å². The number of rotatable bonds is 11. The van der Waals surface area contributed by atoms with Gasteiger partial charge >= 0.3 is 5.97 Å². The van der Waals surface area contributed by atoms with Crippen LogP contribution in [0, 0.1) is 0 Å². The third-order valence-electron chi connectivity index (χ3n) is 5.73. The summed E-state index contributed by atoms with van der Waals surface area (Å²) in [6.45, 7) is 1.96. The highest BCUT2D eigenvalue weighted by Crippen LogP contribution is 2.39. The van der Waals surface area contributed by atoms with Crippen LogP contribution in [-0.2, 0) is 16.2 Å². The standard InChI is InChI=1S/C29H25ClN2O8S/c1-3-39-21-9-7-20(8-10-21)31-25(33)15-32-27(34)24(41-29(32)37)14-18-12-22(30)26(23(13-18)38-2)40-16-17-5-4-6-19(11-17)28(35)36/h4-14H,3,15-16H2,1-2H3,(H,31,33)(H,35,36)/b24-14+. The van der Waals surface area contributed by atoms with Crippen LogP contribution in [0.4, 0.5) is 10.5 Å². The van der Waals surface area contributed by atoms with E-state index in [0.29, 0.717) is 40.9 Å². The summed E-state index contributed by atoms with van der Waals surface area (Å²) in [6, 6.07) is 16.2. The largest absolute Gasteiger partial charge is 0.494 e. The number of methoxy groups -OCH3 is 1. The number of nitrogens with zero attached hydrogens (tertiary/aromatic N) is 1. The van der Waals surface area contributed by atoms with Gasteiger partial charge in [-0.1, -0.05) is 23.7 Å². The van der Waals surface area contributed by atoms with Crippen LogP contribution in [0.1, 0.15) is 28.4 Å². The average Bonchev–Trinajstić information content (AvgIpc) is 3.20. The number of ether oxygens (including phenoxy) is 3. The minimum atomic E-state index is -1.05. The highest BCUT2D eigenvalue weighted by molar-refractivity contribution is 8.18. The Kier molecular flexibility index (Phi) is 9.53. The molecule has 12 heteroatoms. The van der Waals surface area contributed by atoms with Gasteiger partial charge in [-0.15, -0.1) is 0 Å². The van der Waals surface area contributed by atoms with Crippen molar-refractivity contribution in [1.29, 1.82) is 0 Å². The van der Waals surface area contributed by atoms with Crippen molar-refractivity contribution in [3.8, 4) is 17.2 Å².